The molecule has 2 nitrogen and oxygen atoms in total. The minimum Gasteiger partial charge on any atom is -0.493 e. The van der Waals surface area contributed by atoms with Gasteiger partial charge < -0.3 is 9.47 Å². The highest BCUT2D eigenvalue weighted by atomic mass is 19.1. The van der Waals surface area contributed by atoms with Gasteiger partial charge in [0.15, 0.2) is 0 Å². The Bertz CT molecular complexity index is 1280. The van der Waals surface area contributed by atoms with Crippen LogP contribution in [0.4, 0.5) is 17.6 Å². The second-order valence-corrected chi connectivity index (χ2v) is 10.8. The number of rotatable bonds is 16. The van der Waals surface area contributed by atoms with E-state index in [0.717, 1.165) is 51.4 Å². The molecule has 42 heavy (non-hydrogen) atoms. The highest BCUT2D eigenvalue weighted by Gasteiger charge is 2.09. The molecule has 222 valence electrons. The normalized spacial score (nSPS) is 11.2. The summed E-state index contributed by atoms with van der Waals surface area (Å²) in [7, 11) is 0. The van der Waals surface area contributed by atoms with E-state index >= 15 is 0 Å². The Morgan fingerprint density at radius 1 is 0.500 bits per heavy atom. The zero-order valence-electron chi connectivity index (χ0n) is 24.1. The molecule has 0 spiro atoms. The van der Waals surface area contributed by atoms with Crippen LogP contribution in [0.3, 0.4) is 0 Å². The fraction of sp³-hybridized carbons (Fsp3) is 0.333. The van der Waals surface area contributed by atoms with Crippen LogP contribution >= 0.6 is 0 Å². The topological polar surface area (TPSA) is 18.5 Å². The summed E-state index contributed by atoms with van der Waals surface area (Å²) in [5.41, 5.74) is 2.11. The SMILES string of the molecule is CC(CCCCCOc1ccc(-c2ccc(F)cc2)c(F)c1)CCCCCOc1ccc(-c2ccc(F)cc2)c(F)c1. The molecule has 4 aromatic rings. The van der Waals surface area contributed by atoms with Crippen LogP contribution in [0.25, 0.3) is 22.3 Å². The van der Waals surface area contributed by atoms with E-state index in [1.54, 1.807) is 48.5 Å². The minimum atomic E-state index is -0.384. The maximum atomic E-state index is 14.5. The number of halogens is 4. The third kappa shape index (κ3) is 9.64. The zero-order chi connectivity index (χ0) is 29.7. The van der Waals surface area contributed by atoms with E-state index < -0.39 is 0 Å². The highest BCUT2D eigenvalue weighted by Crippen LogP contribution is 2.28. The summed E-state index contributed by atoms with van der Waals surface area (Å²) in [6, 6.07) is 21.1. The summed E-state index contributed by atoms with van der Waals surface area (Å²) in [5, 5.41) is 0. The number of ether oxygens (including phenoxy) is 2. The largest absolute Gasteiger partial charge is 0.493 e. The molecule has 6 heteroatoms. The van der Waals surface area contributed by atoms with Gasteiger partial charge in [0.05, 0.1) is 13.2 Å². The van der Waals surface area contributed by atoms with Crippen molar-refractivity contribution in [3.8, 4) is 33.8 Å². The van der Waals surface area contributed by atoms with Crippen LogP contribution < -0.4 is 9.47 Å². The molecule has 0 radical (unpaired) electrons. The smallest absolute Gasteiger partial charge is 0.134 e. The van der Waals surface area contributed by atoms with Crippen LogP contribution in [-0.2, 0) is 0 Å². The first-order valence-corrected chi connectivity index (χ1v) is 14.8. The van der Waals surface area contributed by atoms with Gasteiger partial charge in [-0.15, -0.1) is 0 Å². The van der Waals surface area contributed by atoms with Crippen molar-refractivity contribution in [1.82, 2.24) is 0 Å². The highest BCUT2D eigenvalue weighted by molar-refractivity contribution is 5.65. The van der Waals surface area contributed by atoms with E-state index in [0.29, 0.717) is 52.9 Å². The van der Waals surface area contributed by atoms with Crippen molar-refractivity contribution in [3.63, 3.8) is 0 Å². The fourth-order valence-electron chi connectivity index (χ4n) is 4.97. The van der Waals surface area contributed by atoms with E-state index in [2.05, 4.69) is 6.92 Å². The molecule has 0 aliphatic carbocycles. The first-order chi connectivity index (χ1) is 20.4. The van der Waals surface area contributed by atoms with Crippen LogP contribution in [-0.4, -0.2) is 13.2 Å². The van der Waals surface area contributed by atoms with Crippen LogP contribution in [0.5, 0.6) is 11.5 Å². The van der Waals surface area contributed by atoms with Gasteiger partial charge in [0.2, 0.25) is 0 Å². The summed E-state index contributed by atoms with van der Waals surface area (Å²) < 4.78 is 66.7. The van der Waals surface area contributed by atoms with Gasteiger partial charge in [-0.3, -0.25) is 0 Å². The number of hydrogen-bond donors (Lipinski definition) is 0. The van der Waals surface area contributed by atoms with Gasteiger partial charge >= 0.3 is 0 Å². The van der Waals surface area contributed by atoms with Crippen LogP contribution in [0.15, 0.2) is 84.9 Å². The lowest BCUT2D eigenvalue weighted by molar-refractivity contribution is 0.296. The van der Waals surface area contributed by atoms with Crippen molar-refractivity contribution in [2.75, 3.05) is 13.2 Å². The van der Waals surface area contributed by atoms with Crippen molar-refractivity contribution in [1.29, 1.82) is 0 Å². The first kappa shape index (κ1) is 31.1. The first-order valence-electron chi connectivity index (χ1n) is 14.8. The van der Waals surface area contributed by atoms with Gasteiger partial charge in [-0.2, -0.15) is 0 Å². The van der Waals surface area contributed by atoms with Gasteiger partial charge in [-0.05, 0) is 78.4 Å². The van der Waals surface area contributed by atoms with Gasteiger partial charge in [0.1, 0.15) is 34.8 Å². The van der Waals surface area contributed by atoms with Crippen molar-refractivity contribution in [3.05, 3.63) is 108 Å². The maximum Gasteiger partial charge on any atom is 0.134 e. The van der Waals surface area contributed by atoms with E-state index in [1.165, 1.54) is 36.4 Å². The molecule has 0 N–H and O–H groups in total. The molecule has 0 bridgehead atoms. The summed E-state index contributed by atoms with van der Waals surface area (Å²) >= 11 is 0. The van der Waals surface area contributed by atoms with Crippen molar-refractivity contribution >= 4 is 0 Å². The summed E-state index contributed by atoms with van der Waals surface area (Å²) in [6.07, 6.45) is 8.54. The van der Waals surface area contributed by atoms with Crippen molar-refractivity contribution in [2.45, 2.75) is 58.3 Å². The number of benzene rings is 4. The van der Waals surface area contributed by atoms with Gasteiger partial charge in [-0.1, -0.05) is 69.7 Å². The van der Waals surface area contributed by atoms with E-state index in [-0.39, 0.29) is 23.3 Å². The predicted octanol–water partition coefficient (Wildman–Crippen LogP) is 10.8. The van der Waals surface area contributed by atoms with Crippen molar-refractivity contribution in [2.24, 2.45) is 5.92 Å². The lowest BCUT2D eigenvalue weighted by Gasteiger charge is -2.12. The molecule has 4 rings (SSSR count). The standard InChI is InChI=1S/C36H38F4O2/c1-26(8-4-2-6-22-41-31-18-20-33(35(39)24-31)27-10-14-29(37)15-11-27)9-5-3-7-23-42-32-19-21-34(36(40)25-32)28-12-16-30(38)17-13-28/h10-21,24-26H,2-9,22-23H2,1H3. The lowest BCUT2D eigenvalue weighted by Crippen LogP contribution is -2.01. The van der Waals surface area contributed by atoms with E-state index in [4.69, 9.17) is 9.47 Å². The second kappa shape index (κ2) is 16.0. The summed E-state index contributed by atoms with van der Waals surface area (Å²) in [6.45, 7) is 3.37. The van der Waals surface area contributed by atoms with Gasteiger partial charge in [-0.25, -0.2) is 17.6 Å². The van der Waals surface area contributed by atoms with Crippen LogP contribution in [0.1, 0.15) is 58.3 Å². The number of hydrogen-bond acceptors (Lipinski definition) is 2. The van der Waals surface area contributed by atoms with Crippen molar-refractivity contribution < 1.29 is 27.0 Å². The molecule has 0 atom stereocenters. The van der Waals surface area contributed by atoms with Gasteiger partial charge in [0.25, 0.3) is 0 Å². The van der Waals surface area contributed by atoms with E-state index in [9.17, 15) is 17.6 Å². The third-order valence-electron chi connectivity index (χ3n) is 7.41. The second-order valence-electron chi connectivity index (χ2n) is 10.8. The lowest BCUT2D eigenvalue weighted by atomic mass is 9.97. The summed E-state index contributed by atoms with van der Waals surface area (Å²) in [4.78, 5) is 0. The molecular formula is C36H38F4O2. The Morgan fingerprint density at radius 3 is 1.29 bits per heavy atom. The molecule has 0 saturated carbocycles. The average molecular weight is 579 g/mol. The molecule has 0 aliphatic heterocycles. The maximum absolute atomic E-state index is 14.5. The molecule has 0 unspecified atom stereocenters. The van der Waals surface area contributed by atoms with E-state index in [1.807, 2.05) is 0 Å². The Balaban J connectivity index is 1.03. The monoisotopic (exact) mass is 578 g/mol. The molecule has 0 heterocycles. The van der Waals surface area contributed by atoms with Gasteiger partial charge in [0, 0.05) is 23.3 Å². The third-order valence-corrected chi connectivity index (χ3v) is 7.41. The Hall–Kier alpha value is -3.80. The van der Waals surface area contributed by atoms with Crippen LogP contribution in [0, 0.1) is 29.2 Å². The van der Waals surface area contributed by atoms with Crippen LogP contribution in [0.2, 0.25) is 0 Å². The molecule has 0 amide bonds. The molecule has 0 aliphatic rings. The average Bonchev–Trinajstić information content (AvgIpc) is 2.98. The molecule has 0 aromatic heterocycles. The predicted molar refractivity (Wildman–Crippen MR) is 161 cm³/mol. The Kier molecular flexibility index (Phi) is 11.9. The fourth-order valence-corrected chi connectivity index (χ4v) is 4.97. The quantitative estimate of drug-likeness (QED) is 0.0973. The minimum absolute atomic E-state index is 0.348. The summed E-state index contributed by atoms with van der Waals surface area (Å²) in [5.74, 6) is 0.188. The molecule has 0 saturated heterocycles. The molecule has 0 fully saturated rings. The molecular weight excluding hydrogens is 540 g/mol. The Labute approximate surface area is 246 Å². The Morgan fingerprint density at radius 2 is 0.905 bits per heavy atom. The number of unbranched alkanes of at least 4 members (excludes halogenated alkanes) is 4. The zero-order valence-corrected chi connectivity index (χ0v) is 24.1. The molecule has 4 aromatic carbocycles.